The van der Waals surface area contributed by atoms with Crippen molar-refractivity contribution >= 4 is 32.7 Å². The van der Waals surface area contributed by atoms with Crippen molar-refractivity contribution in [2.45, 2.75) is 28.4 Å². The minimum absolute atomic E-state index is 0.104. The molecule has 3 nitrogen and oxygen atoms in total. The molecule has 0 aromatic rings. The topological polar surface area (TPSA) is 54.4 Å². The Bertz CT molecular complexity index is 211. The summed E-state index contributed by atoms with van der Waals surface area (Å²) >= 11 is 2.08. The molecule has 0 aliphatic heterocycles. The minimum Gasteiger partial charge on any atom is -0.285 e. The molecule has 1 fully saturated rings. The molecule has 2 unspecified atom stereocenters. The second kappa shape index (κ2) is 2.94. The summed E-state index contributed by atoms with van der Waals surface area (Å²) in [5, 5.41) is -0.506. The van der Waals surface area contributed by atoms with Crippen LogP contribution in [0.2, 0.25) is 0 Å². The zero-order valence-electron chi connectivity index (χ0n) is 5.33. The highest BCUT2D eigenvalue weighted by Crippen LogP contribution is 2.30. The Hall–Kier alpha value is 0.640. The number of rotatable bonds is 1. The average Bonchev–Trinajstić information content (AvgIpc) is 2.11. The lowest BCUT2D eigenvalue weighted by molar-refractivity contribution is 0.469. The quantitative estimate of drug-likeness (QED) is 0.445. The molecule has 0 heterocycles. The summed E-state index contributed by atoms with van der Waals surface area (Å²) in [6.45, 7) is 0. The van der Waals surface area contributed by atoms with Crippen LogP contribution in [0.4, 0.5) is 0 Å². The Labute approximate surface area is 74.1 Å². The summed E-state index contributed by atoms with van der Waals surface area (Å²) in [5.41, 5.74) is 0. The highest BCUT2D eigenvalue weighted by Gasteiger charge is 2.34. The van der Waals surface area contributed by atoms with Crippen molar-refractivity contribution in [2.24, 2.45) is 0 Å². The van der Waals surface area contributed by atoms with Crippen LogP contribution in [-0.4, -0.2) is 22.1 Å². The minimum atomic E-state index is -3.76. The lowest BCUT2D eigenvalue weighted by Gasteiger charge is -2.08. The van der Waals surface area contributed by atoms with Crippen molar-refractivity contribution in [1.29, 1.82) is 0 Å². The molecule has 1 aliphatic rings. The highest BCUT2D eigenvalue weighted by atomic mass is 127. The maximum atomic E-state index is 10.6. The first-order chi connectivity index (χ1) is 4.52. The van der Waals surface area contributed by atoms with E-state index in [-0.39, 0.29) is 3.92 Å². The maximum Gasteiger partial charge on any atom is 0.268 e. The van der Waals surface area contributed by atoms with Crippen LogP contribution in [-0.2, 0) is 10.1 Å². The van der Waals surface area contributed by atoms with Crippen molar-refractivity contribution in [3.05, 3.63) is 0 Å². The number of hydrogen-bond acceptors (Lipinski definition) is 2. The second-order valence-corrected chi connectivity index (χ2v) is 5.74. The van der Waals surface area contributed by atoms with Gasteiger partial charge in [-0.1, -0.05) is 29.0 Å². The van der Waals surface area contributed by atoms with E-state index < -0.39 is 15.4 Å². The van der Waals surface area contributed by atoms with Crippen LogP contribution in [0.5, 0.6) is 0 Å². The molecule has 0 spiro atoms. The summed E-state index contributed by atoms with van der Waals surface area (Å²) in [7, 11) is -3.76. The van der Waals surface area contributed by atoms with Crippen LogP contribution in [0.15, 0.2) is 0 Å². The van der Waals surface area contributed by atoms with Gasteiger partial charge in [-0.05, 0) is 12.8 Å². The smallest absolute Gasteiger partial charge is 0.268 e. The first kappa shape index (κ1) is 8.73. The third-order valence-corrected chi connectivity index (χ3v) is 5.06. The van der Waals surface area contributed by atoms with Crippen LogP contribution >= 0.6 is 22.6 Å². The van der Waals surface area contributed by atoms with Gasteiger partial charge in [0.25, 0.3) is 10.1 Å². The van der Waals surface area contributed by atoms with E-state index in [0.29, 0.717) is 6.42 Å². The normalized spacial score (nSPS) is 34.6. The molecule has 0 saturated heterocycles. The zero-order chi connectivity index (χ0) is 7.78. The van der Waals surface area contributed by atoms with Gasteiger partial charge < -0.3 is 0 Å². The Morgan fingerprint density at radius 2 is 2.00 bits per heavy atom. The second-order valence-electron chi connectivity index (χ2n) is 2.50. The Balaban J connectivity index is 2.74. The van der Waals surface area contributed by atoms with Crippen molar-refractivity contribution in [3.63, 3.8) is 0 Å². The van der Waals surface area contributed by atoms with Gasteiger partial charge in [-0.3, -0.25) is 4.55 Å². The van der Waals surface area contributed by atoms with Crippen molar-refractivity contribution < 1.29 is 13.0 Å². The molecule has 1 N–H and O–H groups in total. The Morgan fingerprint density at radius 1 is 1.40 bits per heavy atom. The first-order valence-corrected chi connectivity index (χ1v) is 5.87. The van der Waals surface area contributed by atoms with Gasteiger partial charge in [-0.2, -0.15) is 8.42 Å². The van der Waals surface area contributed by atoms with Gasteiger partial charge in [0.05, 0.1) is 5.25 Å². The lowest BCUT2D eigenvalue weighted by Crippen LogP contribution is -2.24. The van der Waals surface area contributed by atoms with E-state index in [4.69, 9.17) is 4.55 Å². The highest BCUT2D eigenvalue weighted by molar-refractivity contribution is 14.1. The molecular formula is C5H9IO3S. The van der Waals surface area contributed by atoms with Crippen LogP contribution in [0, 0.1) is 0 Å². The molecule has 0 aromatic heterocycles. The van der Waals surface area contributed by atoms with Crippen LogP contribution in [0.25, 0.3) is 0 Å². The molecule has 60 valence electrons. The molecule has 0 aromatic carbocycles. The van der Waals surface area contributed by atoms with Crippen LogP contribution in [0.3, 0.4) is 0 Å². The van der Waals surface area contributed by atoms with E-state index >= 15 is 0 Å². The van der Waals surface area contributed by atoms with Gasteiger partial charge in [0.1, 0.15) is 0 Å². The summed E-state index contributed by atoms with van der Waals surface area (Å²) in [5.74, 6) is 0. The van der Waals surface area contributed by atoms with E-state index in [9.17, 15) is 8.42 Å². The van der Waals surface area contributed by atoms with Crippen molar-refractivity contribution in [3.8, 4) is 0 Å². The Morgan fingerprint density at radius 3 is 2.20 bits per heavy atom. The third kappa shape index (κ3) is 1.82. The number of hydrogen-bond donors (Lipinski definition) is 1. The first-order valence-electron chi connectivity index (χ1n) is 3.12. The van der Waals surface area contributed by atoms with Gasteiger partial charge in [0.2, 0.25) is 0 Å². The molecule has 1 aliphatic carbocycles. The SMILES string of the molecule is O=S(=O)(O)C1CCCC1I. The van der Waals surface area contributed by atoms with E-state index in [0.717, 1.165) is 12.8 Å². The van der Waals surface area contributed by atoms with E-state index in [2.05, 4.69) is 22.6 Å². The van der Waals surface area contributed by atoms with Gasteiger partial charge in [-0.25, -0.2) is 0 Å². The third-order valence-electron chi connectivity index (χ3n) is 1.75. The monoisotopic (exact) mass is 276 g/mol. The molecule has 0 radical (unpaired) electrons. The van der Waals surface area contributed by atoms with E-state index in [1.54, 1.807) is 0 Å². The summed E-state index contributed by atoms with van der Waals surface area (Å²) in [4.78, 5) is 0. The fourth-order valence-corrected chi connectivity index (χ4v) is 4.10. The largest absolute Gasteiger partial charge is 0.285 e. The van der Waals surface area contributed by atoms with Gasteiger partial charge in [-0.15, -0.1) is 0 Å². The molecule has 5 heteroatoms. The molecule has 10 heavy (non-hydrogen) atoms. The van der Waals surface area contributed by atoms with Crippen molar-refractivity contribution in [2.75, 3.05) is 0 Å². The summed E-state index contributed by atoms with van der Waals surface area (Å²) in [6, 6.07) is 0. The molecule has 0 bridgehead atoms. The summed E-state index contributed by atoms with van der Waals surface area (Å²) < 4.78 is 29.9. The predicted molar refractivity (Wildman–Crippen MR) is 47.0 cm³/mol. The molecule has 0 amide bonds. The summed E-state index contributed by atoms with van der Waals surface area (Å²) in [6.07, 6.45) is 2.44. The standard InChI is InChI=1S/C5H9IO3S/c6-4-2-1-3-5(4)10(7,8)9/h4-5H,1-3H2,(H,7,8,9). The fourth-order valence-electron chi connectivity index (χ4n) is 1.22. The van der Waals surface area contributed by atoms with E-state index in [1.165, 1.54) is 0 Å². The van der Waals surface area contributed by atoms with E-state index in [1.807, 2.05) is 0 Å². The zero-order valence-corrected chi connectivity index (χ0v) is 8.30. The van der Waals surface area contributed by atoms with Crippen molar-refractivity contribution in [1.82, 2.24) is 0 Å². The fraction of sp³-hybridized carbons (Fsp3) is 1.00. The van der Waals surface area contributed by atoms with Crippen LogP contribution < -0.4 is 0 Å². The molecule has 2 atom stereocenters. The molecule has 1 rings (SSSR count). The predicted octanol–water partition coefficient (Wildman–Crippen LogP) is 1.23. The average molecular weight is 276 g/mol. The molecular weight excluding hydrogens is 267 g/mol. The van der Waals surface area contributed by atoms with Gasteiger partial charge in [0, 0.05) is 3.92 Å². The maximum absolute atomic E-state index is 10.6. The van der Waals surface area contributed by atoms with Gasteiger partial charge >= 0.3 is 0 Å². The number of halogens is 1. The van der Waals surface area contributed by atoms with Crippen LogP contribution in [0.1, 0.15) is 19.3 Å². The Kier molecular flexibility index (Phi) is 2.57. The number of alkyl halides is 1. The lowest BCUT2D eigenvalue weighted by atomic mass is 10.4. The van der Waals surface area contributed by atoms with Gasteiger partial charge in [0.15, 0.2) is 0 Å². The molecule has 1 saturated carbocycles.